The van der Waals surface area contributed by atoms with Gasteiger partial charge in [-0.25, -0.2) is 0 Å². The number of hydrogen-bond donors (Lipinski definition) is 0. The number of nitrogens with zero attached hydrogens (tertiary/aromatic N) is 2. The molecule has 0 fully saturated rings. The Hall–Kier alpha value is -6.38. The van der Waals surface area contributed by atoms with E-state index in [1.807, 2.05) is 0 Å². The molecule has 0 aliphatic heterocycles. The minimum absolute atomic E-state index is 1.10. The van der Waals surface area contributed by atoms with Gasteiger partial charge in [-0.05, 0) is 64.5 Å². The zero-order chi connectivity index (χ0) is 31.9. The van der Waals surface area contributed by atoms with E-state index >= 15 is 0 Å². The molecular weight excluding hydrogens is 581 g/mol. The van der Waals surface area contributed by atoms with E-state index < -0.39 is 0 Å². The van der Waals surface area contributed by atoms with Gasteiger partial charge in [0.05, 0.1) is 22.4 Å². The Morgan fingerprint density at radius 3 is 1.56 bits per heavy atom. The maximum absolute atomic E-state index is 2.44. The number of anilines is 3. The van der Waals surface area contributed by atoms with Crippen molar-refractivity contribution in [1.29, 1.82) is 0 Å². The van der Waals surface area contributed by atoms with Crippen LogP contribution in [0.2, 0.25) is 0 Å². The van der Waals surface area contributed by atoms with Crippen LogP contribution in [0.1, 0.15) is 0 Å². The van der Waals surface area contributed by atoms with Gasteiger partial charge < -0.3 is 9.47 Å². The third-order valence-electron chi connectivity index (χ3n) is 9.37. The van der Waals surface area contributed by atoms with Gasteiger partial charge in [0, 0.05) is 33.1 Å². The lowest BCUT2D eigenvalue weighted by atomic mass is 9.99. The van der Waals surface area contributed by atoms with Crippen LogP contribution in [0.4, 0.5) is 17.1 Å². The third-order valence-corrected chi connectivity index (χ3v) is 9.37. The molecule has 48 heavy (non-hydrogen) atoms. The Morgan fingerprint density at radius 2 is 0.875 bits per heavy atom. The van der Waals surface area contributed by atoms with Crippen molar-refractivity contribution in [3.8, 4) is 27.9 Å². The van der Waals surface area contributed by atoms with E-state index in [-0.39, 0.29) is 0 Å². The summed E-state index contributed by atoms with van der Waals surface area (Å²) in [5.74, 6) is 0. The second-order valence-corrected chi connectivity index (χ2v) is 12.2. The molecule has 0 bridgehead atoms. The van der Waals surface area contributed by atoms with Crippen molar-refractivity contribution in [2.24, 2.45) is 0 Å². The highest BCUT2D eigenvalue weighted by Gasteiger charge is 2.21. The molecule has 9 aromatic rings. The minimum atomic E-state index is 1.10. The smallest absolute Gasteiger partial charge is 0.0561 e. The first-order valence-corrected chi connectivity index (χ1v) is 16.4. The largest absolute Gasteiger partial charge is 0.309 e. The van der Waals surface area contributed by atoms with Crippen LogP contribution >= 0.6 is 0 Å². The van der Waals surface area contributed by atoms with E-state index in [4.69, 9.17) is 0 Å². The highest BCUT2D eigenvalue weighted by Crippen LogP contribution is 2.45. The van der Waals surface area contributed by atoms with Gasteiger partial charge >= 0.3 is 0 Å². The molecule has 2 heteroatoms. The fourth-order valence-electron chi connectivity index (χ4n) is 7.16. The van der Waals surface area contributed by atoms with Gasteiger partial charge in [0.25, 0.3) is 0 Å². The van der Waals surface area contributed by atoms with Crippen LogP contribution in [0, 0.1) is 0 Å². The molecule has 0 atom stereocenters. The van der Waals surface area contributed by atoms with E-state index in [0.717, 1.165) is 22.7 Å². The van der Waals surface area contributed by atoms with Gasteiger partial charge in [0.2, 0.25) is 0 Å². The molecule has 0 saturated heterocycles. The SMILES string of the molecule is c1ccc(-c2ccc(N(c3ccccc3-c3ccccc3)c3cc(-n4c5ccccc5c5ccccc54)cc4ccccc34)cc2)cc1. The number of fused-ring (bicyclic) bond motifs is 4. The molecule has 1 aromatic heterocycles. The summed E-state index contributed by atoms with van der Waals surface area (Å²) in [5.41, 5.74) is 11.6. The molecular formula is C46H32N2. The zero-order valence-electron chi connectivity index (χ0n) is 26.4. The molecule has 0 amide bonds. The van der Waals surface area contributed by atoms with Gasteiger partial charge in [0.15, 0.2) is 0 Å². The summed E-state index contributed by atoms with van der Waals surface area (Å²) >= 11 is 0. The number of hydrogen-bond acceptors (Lipinski definition) is 1. The summed E-state index contributed by atoms with van der Waals surface area (Å²) < 4.78 is 2.42. The predicted octanol–water partition coefficient (Wildman–Crippen LogP) is 12.7. The summed E-state index contributed by atoms with van der Waals surface area (Å²) in [7, 11) is 0. The molecule has 8 aromatic carbocycles. The molecule has 0 N–H and O–H groups in total. The monoisotopic (exact) mass is 612 g/mol. The standard InChI is InChI=1S/C46H32N2/c1-3-15-33(16-4-1)34-27-29-37(30-28-34)47(43-24-12-9-20-39(43)35-17-5-2-6-18-35)46-32-38(31-36-19-7-8-21-40(36)46)48-44-25-13-10-22-41(44)42-23-11-14-26-45(42)48/h1-32H. The van der Waals surface area contributed by atoms with Crippen molar-refractivity contribution < 1.29 is 0 Å². The first-order valence-electron chi connectivity index (χ1n) is 16.4. The summed E-state index contributed by atoms with van der Waals surface area (Å²) in [4.78, 5) is 2.44. The lowest BCUT2D eigenvalue weighted by Gasteiger charge is -2.30. The average molecular weight is 613 g/mol. The summed E-state index contributed by atoms with van der Waals surface area (Å²) in [6, 6.07) is 69.9. The summed E-state index contributed by atoms with van der Waals surface area (Å²) in [6.07, 6.45) is 0. The highest BCUT2D eigenvalue weighted by molar-refractivity contribution is 6.10. The van der Waals surface area contributed by atoms with Gasteiger partial charge in [-0.3, -0.25) is 0 Å². The van der Waals surface area contributed by atoms with Crippen LogP contribution in [0.15, 0.2) is 194 Å². The first kappa shape index (κ1) is 27.9. The fraction of sp³-hybridized carbons (Fsp3) is 0. The minimum Gasteiger partial charge on any atom is -0.309 e. The maximum Gasteiger partial charge on any atom is 0.0561 e. The lowest BCUT2D eigenvalue weighted by molar-refractivity contribution is 1.18. The van der Waals surface area contributed by atoms with Crippen LogP contribution in [0.25, 0.3) is 60.5 Å². The Bertz CT molecular complexity index is 2490. The Balaban J connectivity index is 1.34. The maximum atomic E-state index is 2.44. The van der Waals surface area contributed by atoms with E-state index in [1.54, 1.807) is 0 Å². The van der Waals surface area contributed by atoms with Crippen molar-refractivity contribution in [1.82, 2.24) is 4.57 Å². The molecule has 0 aliphatic carbocycles. The average Bonchev–Trinajstić information content (AvgIpc) is 3.50. The lowest BCUT2D eigenvalue weighted by Crippen LogP contribution is -2.12. The van der Waals surface area contributed by atoms with Gasteiger partial charge in [-0.15, -0.1) is 0 Å². The number of benzene rings is 8. The van der Waals surface area contributed by atoms with E-state index in [9.17, 15) is 0 Å². The van der Waals surface area contributed by atoms with Gasteiger partial charge in [0.1, 0.15) is 0 Å². The Labute approximate surface area is 280 Å². The van der Waals surface area contributed by atoms with E-state index in [2.05, 4.69) is 204 Å². The Kier molecular flexibility index (Phi) is 6.84. The van der Waals surface area contributed by atoms with Crippen molar-refractivity contribution in [2.45, 2.75) is 0 Å². The second-order valence-electron chi connectivity index (χ2n) is 12.2. The molecule has 0 unspecified atom stereocenters. The Morgan fingerprint density at radius 1 is 0.354 bits per heavy atom. The first-order chi connectivity index (χ1) is 23.8. The molecule has 1 heterocycles. The van der Waals surface area contributed by atoms with Crippen LogP contribution in [0.5, 0.6) is 0 Å². The van der Waals surface area contributed by atoms with Crippen molar-refractivity contribution in [3.63, 3.8) is 0 Å². The van der Waals surface area contributed by atoms with E-state index in [0.29, 0.717) is 0 Å². The third kappa shape index (κ3) is 4.74. The molecule has 0 radical (unpaired) electrons. The van der Waals surface area contributed by atoms with Gasteiger partial charge in [-0.2, -0.15) is 0 Å². The number of rotatable bonds is 6. The fourth-order valence-corrected chi connectivity index (χ4v) is 7.16. The predicted molar refractivity (Wildman–Crippen MR) is 204 cm³/mol. The van der Waals surface area contributed by atoms with Gasteiger partial charge in [-0.1, -0.05) is 152 Å². The zero-order valence-corrected chi connectivity index (χ0v) is 26.4. The molecule has 2 nitrogen and oxygen atoms in total. The normalized spacial score (nSPS) is 11.3. The van der Waals surface area contributed by atoms with Crippen molar-refractivity contribution in [3.05, 3.63) is 194 Å². The highest BCUT2D eigenvalue weighted by atomic mass is 15.1. The number of aromatic nitrogens is 1. The topological polar surface area (TPSA) is 8.17 Å². The van der Waals surface area contributed by atoms with E-state index in [1.165, 1.54) is 54.8 Å². The quantitative estimate of drug-likeness (QED) is 0.181. The van der Waals surface area contributed by atoms with Crippen LogP contribution in [0.3, 0.4) is 0 Å². The second kappa shape index (κ2) is 11.8. The van der Waals surface area contributed by atoms with Crippen LogP contribution in [-0.2, 0) is 0 Å². The van der Waals surface area contributed by atoms with Crippen molar-refractivity contribution in [2.75, 3.05) is 4.90 Å². The van der Waals surface area contributed by atoms with Crippen molar-refractivity contribution >= 4 is 49.6 Å². The van der Waals surface area contributed by atoms with Crippen LogP contribution < -0.4 is 4.90 Å². The summed E-state index contributed by atoms with van der Waals surface area (Å²) in [6.45, 7) is 0. The molecule has 226 valence electrons. The molecule has 0 aliphatic rings. The summed E-state index contributed by atoms with van der Waals surface area (Å²) in [5, 5.41) is 4.89. The number of para-hydroxylation sites is 3. The molecule has 9 rings (SSSR count). The molecule has 0 spiro atoms. The molecule has 0 saturated carbocycles. The van der Waals surface area contributed by atoms with Crippen LogP contribution in [-0.4, -0.2) is 4.57 Å².